The zero-order chi connectivity index (χ0) is 22.4. The summed E-state index contributed by atoms with van der Waals surface area (Å²) in [5.41, 5.74) is 3.75. The lowest BCUT2D eigenvalue weighted by atomic mass is 10.1. The second-order valence-electron chi connectivity index (χ2n) is 7.39. The minimum absolute atomic E-state index is 0.208. The lowest BCUT2D eigenvalue weighted by Crippen LogP contribution is -2.17. The Balaban J connectivity index is 1.58. The number of hydrogen-bond acceptors (Lipinski definition) is 4. The lowest BCUT2D eigenvalue weighted by molar-refractivity contribution is -0.141. The van der Waals surface area contributed by atoms with Crippen LogP contribution in [0.5, 0.6) is 5.75 Å². The molecule has 0 fully saturated rings. The Hall–Kier alpha value is -3.41. The van der Waals surface area contributed by atoms with Gasteiger partial charge < -0.3 is 14.0 Å². The molecule has 0 aliphatic heterocycles. The van der Waals surface area contributed by atoms with Crippen molar-refractivity contribution in [3.8, 4) is 5.75 Å². The monoisotopic (exact) mass is 423 g/mol. The van der Waals surface area contributed by atoms with Crippen LogP contribution in [0.15, 0.2) is 54.6 Å². The number of Topliss-reactive ketones (excluding diaryl/α,β-unsaturated/α-hetero) is 1. The normalized spacial score (nSPS) is 10.7. The van der Waals surface area contributed by atoms with Gasteiger partial charge in [-0.2, -0.15) is 0 Å². The van der Waals surface area contributed by atoms with E-state index in [9.17, 15) is 14.0 Å². The number of carbonyl (C=O) groups is 2. The maximum Gasteiger partial charge on any atom is 0.310 e. The Morgan fingerprint density at radius 2 is 1.74 bits per heavy atom. The standard InChI is InChI=1S/C25H26FNO4/c1-17-14-22(18(2)27(17)13-12-19-8-10-21(30-3)11-9-19)24(28)16-31-25(29)15-20-6-4-5-7-23(20)26/h4-11,14H,12-13,15-16H2,1-3H3. The van der Waals surface area contributed by atoms with Gasteiger partial charge in [-0.15, -0.1) is 0 Å². The van der Waals surface area contributed by atoms with Gasteiger partial charge in [-0.1, -0.05) is 30.3 Å². The van der Waals surface area contributed by atoms with Gasteiger partial charge in [0.1, 0.15) is 11.6 Å². The molecule has 0 radical (unpaired) electrons. The van der Waals surface area contributed by atoms with Crippen LogP contribution in [0.2, 0.25) is 0 Å². The molecule has 2 aromatic carbocycles. The Labute approximate surface area is 181 Å². The highest BCUT2D eigenvalue weighted by molar-refractivity contribution is 5.99. The van der Waals surface area contributed by atoms with Gasteiger partial charge in [-0.3, -0.25) is 9.59 Å². The smallest absolute Gasteiger partial charge is 0.310 e. The summed E-state index contributed by atoms with van der Waals surface area (Å²) >= 11 is 0. The van der Waals surface area contributed by atoms with Gasteiger partial charge >= 0.3 is 5.97 Å². The van der Waals surface area contributed by atoms with Gasteiger partial charge in [-0.05, 0) is 55.7 Å². The fraction of sp³-hybridized carbons (Fsp3) is 0.280. The number of nitrogens with zero attached hydrogens (tertiary/aromatic N) is 1. The van der Waals surface area contributed by atoms with Crippen molar-refractivity contribution in [1.29, 1.82) is 0 Å². The van der Waals surface area contributed by atoms with Crippen molar-refractivity contribution in [2.75, 3.05) is 13.7 Å². The average molecular weight is 423 g/mol. The van der Waals surface area contributed by atoms with Crippen molar-refractivity contribution in [3.63, 3.8) is 0 Å². The molecule has 5 nitrogen and oxygen atoms in total. The predicted octanol–water partition coefficient (Wildman–Crippen LogP) is 4.46. The third kappa shape index (κ3) is 5.60. The number of benzene rings is 2. The van der Waals surface area contributed by atoms with Gasteiger partial charge in [0, 0.05) is 23.5 Å². The van der Waals surface area contributed by atoms with Crippen LogP contribution in [-0.2, 0) is 28.9 Å². The Kier molecular flexibility index (Phi) is 7.23. The predicted molar refractivity (Wildman–Crippen MR) is 116 cm³/mol. The molecule has 6 heteroatoms. The number of halogens is 1. The van der Waals surface area contributed by atoms with Crippen molar-refractivity contribution >= 4 is 11.8 Å². The molecule has 0 spiro atoms. The van der Waals surface area contributed by atoms with Crippen LogP contribution in [0.4, 0.5) is 4.39 Å². The van der Waals surface area contributed by atoms with Gasteiger partial charge in [0.25, 0.3) is 0 Å². The van der Waals surface area contributed by atoms with E-state index in [1.54, 1.807) is 19.2 Å². The van der Waals surface area contributed by atoms with Crippen LogP contribution in [0.25, 0.3) is 0 Å². The summed E-state index contributed by atoms with van der Waals surface area (Å²) in [6.07, 6.45) is 0.604. The zero-order valence-electron chi connectivity index (χ0n) is 18.0. The van der Waals surface area contributed by atoms with E-state index in [4.69, 9.17) is 9.47 Å². The van der Waals surface area contributed by atoms with Crippen LogP contribution in [0.3, 0.4) is 0 Å². The highest BCUT2D eigenvalue weighted by Crippen LogP contribution is 2.18. The maximum atomic E-state index is 13.7. The molecule has 3 rings (SSSR count). The first kappa shape index (κ1) is 22.3. The molecule has 0 amide bonds. The molecule has 1 aromatic heterocycles. The summed E-state index contributed by atoms with van der Waals surface area (Å²) in [6, 6.07) is 15.7. The van der Waals surface area contributed by atoms with E-state index in [-0.39, 0.29) is 24.4 Å². The van der Waals surface area contributed by atoms with Crippen LogP contribution >= 0.6 is 0 Å². The number of aryl methyl sites for hydroxylation is 2. The van der Waals surface area contributed by atoms with Crippen molar-refractivity contribution in [3.05, 3.63) is 88.5 Å². The molecule has 0 saturated heterocycles. The molecule has 0 N–H and O–H groups in total. The molecule has 1 heterocycles. The van der Waals surface area contributed by atoms with Gasteiger partial charge in [0.05, 0.1) is 13.5 Å². The Bertz CT molecular complexity index is 1070. The molecule has 3 aromatic rings. The number of ether oxygens (including phenoxy) is 2. The van der Waals surface area contributed by atoms with E-state index in [1.165, 1.54) is 17.7 Å². The molecular weight excluding hydrogens is 397 g/mol. The highest BCUT2D eigenvalue weighted by atomic mass is 19.1. The highest BCUT2D eigenvalue weighted by Gasteiger charge is 2.18. The number of methoxy groups -OCH3 is 1. The van der Waals surface area contributed by atoms with Crippen LogP contribution < -0.4 is 4.74 Å². The fourth-order valence-electron chi connectivity index (χ4n) is 3.53. The first-order valence-corrected chi connectivity index (χ1v) is 10.1. The van der Waals surface area contributed by atoms with E-state index in [0.29, 0.717) is 5.56 Å². The van der Waals surface area contributed by atoms with Crippen molar-refractivity contribution in [2.24, 2.45) is 0 Å². The Morgan fingerprint density at radius 1 is 1.03 bits per heavy atom. The zero-order valence-corrected chi connectivity index (χ0v) is 18.0. The second kappa shape index (κ2) is 10.1. The molecule has 31 heavy (non-hydrogen) atoms. The average Bonchev–Trinajstić information content (AvgIpc) is 3.06. The van der Waals surface area contributed by atoms with Crippen molar-refractivity contribution in [2.45, 2.75) is 33.2 Å². The molecule has 162 valence electrons. The van der Waals surface area contributed by atoms with E-state index in [1.807, 2.05) is 44.2 Å². The van der Waals surface area contributed by atoms with Gasteiger partial charge in [0.15, 0.2) is 6.61 Å². The molecule has 0 bridgehead atoms. The van der Waals surface area contributed by atoms with E-state index in [2.05, 4.69) is 4.57 Å². The van der Waals surface area contributed by atoms with Crippen LogP contribution in [-0.4, -0.2) is 30.0 Å². The minimum atomic E-state index is -0.633. The summed E-state index contributed by atoms with van der Waals surface area (Å²) in [5.74, 6) is -0.557. The first-order chi connectivity index (χ1) is 14.9. The largest absolute Gasteiger partial charge is 0.497 e. The second-order valence-corrected chi connectivity index (χ2v) is 7.39. The van der Waals surface area contributed by atoms with Crippen LogP contribution in [0, 0.1) is 19.7 Å². The number of carbonyl (C=O) groups excluding carboxylic acids is 2. The van der Waals surface area contributed by atoms with E-state index in [0.717, 1.165) is 30.1 Å². The number of rotatable bonds is 9. The van der Waals surface area contributed by atoms with Gasteiger partial charge in [-0.25, -0.2) is 4.39 Å². The van der Waals surface area contributed by atoms with Crippen molar-refractivity contribution in [1.82, 2.24) is 4.57 Å². The number of aromatic nitrogens is 1. The van der Waals surface area contributed by atoms with Crippen molar-refractivity contribution < 1.29 is 23.5 Å². The fourth-order valence-corrected chi connectivity index (χ4v) is 3.53. The SMILES string of the molecule is COc1ccc(CCn2c(C)cc(C(=O)COC(=O)Cc3ccccc3F)c2C)cc1. The summed E-state index contributed by atoms with van der Waals surface area (Å²) in [4.78, 5) is 24.6. The molecule has 0 atom stereocenters. The molecule has 0 unspecified atom stereocenters. The summed E-state index contributed by atoms with van der Waals surface area (Å²) in [7, 11) is 1.64. The maximum absolute atomic E-state index is 13.7. The number of esters is 1. The quantitative estimate of drug-likeness (QED) is 0.377. The summed E-state index contributed by atoms with van der Waals surface area (Å²) < 4.78 is 26.0. The summed E-state index contributed by atoms with van der Waals surface area (Å²) in [5, 5.41) is 0. The van der Waals surface area contributed by atoms with Crippen LogP contribution in [0.1, 0.15) is 32.9 Å². The number of hydrogen-bond donors (Lipinski definition) is 0. The lowest BCUT2D eigenvalue weighted by Gasteiger charge is -2.10. The topological polar surface area (TPSA) is 57.5 Å². The molecule has 0 saturated carbocycles. The third-order valence-corrected chi connectivity index (χ3v) is 5.31. The van der Waals surface area contributed by atoms with E-state index < -0.39 is 11.8 Å². The third-order valence-electron chi connectivity index (χ3n) is 5.31. The number of ketones is 1. The van der Waals surface area contributed by atoms with Gasteiger partial charge in [0.2, 0.25) is 5.78 Å². The molecular formula is C25H26FNO4. The Morgan fingerprint density at radius 3 is 2.42 bits per heavy atom. The first-order valence-electron chi connectivity index (χ1n) is 10.1. The minimum Gasteiger partial charge on any atom is -0.497 e. The van der Waals surface area contributed by atoms with E-state index >= 15 is 0 Å². The summed E-state index contributed by atoms with van der Waals surface area (Å²) in [6.45, 7) is 4.19. The molecule has 0 aliphatic carbocycles. The molecule has 0 aliphatic rings.